The summed E-state index contributed by atoms with van der Waals surface area (Å²) < 4.78 is 5.11. The van der Waals surface area contributed by atoms with E-state index >= 15 is 0 Å². The lowest BCUT2D eigenvalue weighted by Crippen LogP contribution is -2.02. The molecule has 3 rings (SSSR count). The third-order valence-electron chi connectivity index (χ3n) is 3.40. The summed E-state index contributed by atoms with van der Waals surface area (Å²) in [5.41, 5.74) is 2.71. The maximum Gasteiger partial charge on any atom is 0.244 e. The molecule has 1 aliphatic carbocycles. The van der Waals surface area contributed by atoms with Crippen molar-refractivity contribution in [2.75, 3.05) is 0 Å². The Balaban J connectivity index is 2.07. The van der Waals surface area contributed by atoms with Gasteiger partial charge in [-0.3, -0.25) is 9.59 Å². The van der Waals surface area contributed by atoms with Crippen molar-refractivity contribution in [3.8, 4) is 0 Å². The zero-order valence-corrected chi connectivity index (χ0v) is 10.0. The zero-order valence-electron chi connectivity index (χ0n) is 10.0. The van der Waals surface area contributed by atoms with E-state index in [1.807, 2.05) is 0 Å². The highest BCUT2D eigenvalue weighted by Crippen LogP contribution is 2.42. The molecule has 2 heterocycles. The lowest BCUT2D eigenvalue weighted by Gasteiger charge is -1.95. The van der Waals surface area contributed by atoms with Crippen LogP contribution in [0, 0.1) is 6.92 Å². The molecular weight excluding hydrogens is 230 g/mol. The van der Waals surface area contributed by atoms with Crippen LogP contribution in [0.5, 0.6) is 0 Å². The Bertz CT molecular complexity index is 603. The summed E-state index contributed by atoms with van der Waals surface area (Å²) in [5.74, 6) is 0.494. The summed E-state index contributed by atoms with van der Waals surface area (Å²) in [7, 11) is 0. The van der Waals surface area contributed by atoms with Crippen LogP contribution in [-0.2, 0) is 0 Å². The molecule has 2 aromatic heterocycles. The van der Waals surface area contributed by atoms with Crippen molar-refractivity contribution in [3.63, 3.8) is 0 Å². The van der Waals surface area contributed by atoms with Crippen LogP contribution < -0.4 is 0 Å². The quantitative estimate of drug-likeness (QED) is 0.663. The van der Waals surface area contributed by atoms with E-state index in [9.17, 15) is 9.59 Å². The molecule has 4 heteroatoms. The molecule has 0 aromatic carbocycles. The summed E-state index contributed by atoms with van der Waals surface area (Å²) in [5, 5.41) is 0. The highest BCUT2D eigenvalue weighted by Gasteiger charge is 2.31. The zero-order chi connectivity index (χ0) is 12.7. The fraction of sp³-hybridized carbons (Fsp3) is 0.286. The van der Waals surface area contributed by atoms with Crippen LogP contribution in [0.2, 0.25) is 0 Å². The smallest absolute Gasteiger partial charge is 0.244 e. The Morgan fingerprint density at radius 2 is 2.28 bits per heavy atom. The number of aromatic nitrogens is 1. The topological polar surface area (TPSA) is 63.1 Å². The van der Waals surface area contributed by atoms with Crippen LogP contribution in [0.4, 0.5) is 0 Å². The minimum Gasteiger partial charge on any atom is -0.461 e. The van der Waals surface area contributed by atoms with Gasteiger partial charge in [-0.05, 0) is 43.4 Å². The normalized spacial score (nSPS) is 14.7. The number of carbonyl (C=O) groups is 2. The van der Waals surface area contributed by atoms with Crippen LogP contribution in [0.15, 0.2) is 22.8 Å². The maximum atomic E-state index is 12.2. The largest absolute Gasteiger partial charge is 0.461 e. The molecule has 0 amide bonds. The van der Waals surface area contributed by atoms with Gasteiger partial charge in [0.15, 0.2) is 12.0 Å². The second-order valence-electron chi connectivity index (χ2n) is 4.65. The monoisotopic (exact) mass is 243 g/mol. The van der Waals surface area contributed by atoms with Gasteiger partial charge in [0.25, 0.3) is 0 Å². The van der Waals surface area contributed by atoms with E-state index in [0.717, 1.165) is 24.8 Å². The van der Waals surface area contributed by atoms with Crippen molar-refractivity contribution in [2.24, 2.45) is 0 Å². The fourth-order valence-corrected chi connectivity index (χ4v) is 2.24. The first-order chi connectivity index (χ1) is 8.72. The van der Waals surface area contributed by atoms with Crippen molar-refractivity contribution in [1.82, 2.24) is 4.98 Å². The Hall–Kier alpha value is -2.10. The molecule has 4 nitrogen and oxygen atoms in total. The predicted octanol–water partition coefficient (Wildman–Crippen LogP) is 2.84. The van der Waals surface area contributed by atoms with Crippen molar-refractivity contribution in [2.45, 2.75) is 25.7 Å². The first kappa shape index (κ1) is 11.0. The molecule has 0 radical (unpaired) electrons. The van der Waals surface area contributed by atoms with Gasteiger partial charge in [-0.15, -0.1) is 0 Å². The van der Waals surface area contributed by atoms with Crippen LogP contribution in [0.25, 0.3) is 0 Å². The number of hydrogen-bond donors (Lipinski definition) is 1. The summed E-state index contributed by atoms with van der Waals surface area (Å²) in [6.45, 7) is 1.79. The van der Waals surface area contributed by atoms with Crippen LogP contribution in [0.1, 0.15) is 56.6 Å². The fourth-order valence-electron chi connectivity index (χ4n) is 2.24. The molecule has 0 unspecified atom stereocenters. The highest BCUT2D eigenvalue weighted by atomic mass is 16.3. The highest BCUT2D eigenvalue weighted by molar-refractivity contribution is 6.08. The van der Waals surface area contributed by atoms with E-state index in [1.165, 1.54) is 6.26 Å². The van der Waals surface area contributed by atoms with Gasteiger partial charge < -0.3 is 9.40 Å². The van der Waals surface area contributed by atoms with Gasteiger partial charge >= 0.3 is 0 Å². The molecule has 0 spiro atoms. The van der Waals surface area contributed by atoms with Gasteiger partial charge in [0, 0.05) is 11.3 Å². The summed E-state index contributed by atoms with van der Waals surface area (Å²) in [4.78, 5) is 26.5. The van der Waals surface area contributed by atoms with E-state index < -0.39 is 0 Å². The average molecular weight is 243 g/mol. The molecule has 1 N–H and O–H groups in total. The van der Waals surface area contributed by atoms with Gasteiger partial charge in [-0.25, -0.2) is 0 Å². The average Bonchev–Trinajstić information content (AvgIpc) is 2.96. The number of furan rings is 1. The van der Waals surface area contributed by atoms with E-state index in [1.54, 1.807) is 19.1 Å². The van der Waals surface area contributed by atoms with E-state index in [-0.39, 0.29) is 5.78 Å². The van der Waals surface area contributed by atoms with Gasteiger partial charge in [0.1, 0.15) is 0 Å². The lowest BCUT2D eigenvalue weighted by atomic mass is 10.1. The number of rotatable bonds is 4. The standard InChI is InChI=1S/C14H13NO3/c1-8-10(7-16)13(9-4-5-9)15-12(8)14(17)11-3-2-6-18-11/h2-3,6-7,9,15H,4-5H2,1H3. The van der Waals surface area contributed by atoms with Crippen molar-refractivity contribution in [3.05, 3.63) is 46.7 Å². The third kappa shape index (κ3) is 1.61. The number of aldehydes is 1. The SMILES string of the molecule is Cc1c(C(=O)c2ccco2)[nH]c(C2CC2)c1C=O. The van der Waals surface area contributed by atoms with Crippen LogP contribution in [-0.4, -0.2) is 17.1 Å². The minimum atomic E-state index is -0.201. The van der Waals surface area contributed by atoms with Crippen molar-refractivity contribution >= 4 is 12.1 Å². The predicted molar refractivity (Wildman–Crippen MR) is 65.0 cm³/mol. The van der Waals surface area contributed by atoms with Crippen LogP contribution in [0.3, 0.4) is 0 Å². The van der Waals surface area contributed by atoms with Gasteiger partial charge in [-0.2, -0.15) is 0 Å². The Kier molecular flexibility index (Phi) is 2.44. The maximum absolute atomic E-state index is 12.2. The molecule has 1 saturated carbocycles. The Morgan fingerprint density at radius 1 is 1.50 bits per heavy atom. The van der Waals surface area contributed by atoms with E-state index in [2.05, 4.69) is 4.98 Å². The van der Waals surface area contributed by atoms with Gasteiger partial charge in [0.2, 0.25) is 5.78 Å². The third-order valence-corrected chi connectivity index (χ3v) is 3.40. The van der Waals surface area contributed by atoms with Crippen LogP contribution >= 0.6 is 0 Å². The number of nitrogens with one attached hydrogen (secondary N) is 1. The molecule has 0 atom stereocenters. The Morgan fingerprint density at radius 3 is 2.83 bits per heavy atom. The molecule has 92 valence electrons. The molecular formula is C14H13NO3. The first-order valence-electron chi connectivity index (χ1n) is 5.98. The summed E-state index contributed by atoms with van der Waals surface area (Å²) in [6, 6.07) is 3.30. The number of carbonyl (C=O) groups excluding carboxylic acids is 2. The van der Waals surface area contributed by atoms with Crippen molar-refractivity contribution in [1.29, 1.82) is 0 Å². The molecule has 0 aliphatic heterocycles. The number of ketones is 1. The molecule has 1 aliphatic rings. The summed E-state index contributed by atoms with van der Waals surface area (Å²) in [6.07, 6.45) is 4.46. The van der Waals surface area contributed by atoms with Crippen molar-refractivity contribution < 1.29 is 14.0 Å². The molecule has 2 aromatic rings. The second kappa shape index (κ2) is 3.98. The molecule has 0 bridgehead atoms. The number of aromatic amines is 1. The van der Waals surface area contributed by atoms with E-state index in [4.69, 9.17) is 4.42 Å². The second-order valence-corrected chi connectivity index (χ2v) is 4.65. The molecule has 18 heavy (non-hydrogen) atoms. The molecule has 1 fully saturated rings. The van der Waals surface area contributed by atoms with Gasteiger partial charge in [0.05, 0.1) is 12.0 Å². The Labute approximate surface area is 104 Å². The minimum absolute atomic E-state index is 0.201. The molecule has 0 saturated heterocycles. The number of hydrogen-bond acceptors (Lipinski definition) is 3. The number of H-pyrrole nitrogens is 1. The summed E-state index contributed by atoms with van der Waals surface area (Å²) >= 11 is 0. The van der Waals surface area contributed by atoms with E-state index in [0.29, 0.717) is 28.5 Å². The first-order valence-corrected chi connectivity index (χ1v) is 5.98. The lowest BCUT2D eigenvalue weighted by molar-refractivity contribution is 0.100. The van der Waals surface area contributed by atoms with Gasteiger partial charge in [-0.1, -0.05) is 0 Å².